The van der Waals surface area contributed by atoms with Gasteiger partial charge in [-0.2, -0.15) is 0 Å². The fraction of sp³-hybridized carbons (Fsp3) is 0.917. The lowest BCUT2D eigenvalue weighted by Gasteiger charge is -2.37. The van der Waals surface area contributed by atoms with Gasteiger partial charge in [-0.25, -0.2) is 0 Å². The smallest absolute Gasteiger partial charge is 0.226 e. The van der Waals surface area contributed by atoms with Crippen molar-refractivity contribution in [1.29, 1.82) is 0 Å². The van der Waals surface area contributed by atoms with Gasteiger partial charge in [0.2, 0.25) is 5.91 Å². The third kappa shape index (κ3) is 3.46. The molecule has 4 heteroatoms. The van der Waals surface area contributed by atoms with E-state index in [9.17, 15) is 4.79 Å². The molecule has 0 saturated heterocycles. The van der Waals surface area contributed by atoms with Crippen LogP contribution in [0, 0.1) is 5.41 Å². The fourth-order valence-electron chi connectivity index (χ4n) is 1.92. The first-order valence-electron chi connectivity index (χ1n) is 6.06. The number of ether oxygens (including phenoxy) is 1. The first kappa shape index (κ1) is 13.5. The Morgan fingerprint density at radius 1 is 1.44 bits per heavy atom. The zero-order valence-electron chi connectivity index (χ0n) is 10.8. The predicted molar refractivity (Wildman–Crippen MR) is 64.3 cm³/mol. The number of carbonyl (C=O) groups excluding carboxylic acids is 1. The molecule has 0 aromatic carbocycles. The number of nitrogens with one attached hydrogen (secondary N) is 2. The van der Waals surface area contributed by atoms with E-state index in [1.165, 1.54) is 0 Å². The number of rotatable bonds is 6. The fourth-order valence-corrected chi connectivity index (χ4v) is 1.92. The monoisotopic (exact) mass is 228 g/mol. The third-order valence-corrected chi connectivity index (χ3v) is 3.17. The molecule has 16 heavy (non-hydrogen) atoms. The van der Waals surface area contributed by atoms with Crippen LogP contribution in [-0.4, -0.2) is 38.3 Å². The van der Waals surface area contributed by atoms with Crippen LogP contribution in [0.1, 0.15) is 33.6 Å². The largest absolute Gasteiger partial charge is 0.378 e. The Labute approximate surface area is 98.1 Å². The van der Waals surface area contributed by atoms with Crippen LogP contribution in [0.3, 0.4) is 0 Å². The van der Waals surface area contributed by atoms with Crippen LogP contribution in [0.5, 0.6) is 0 Å². The summed E-state index contributed by atoms with van der Waals surface area (Å²) in [7, 11) is 1.68. The summed E-state index contributed by atoms with van der Waals surface area (Å²) < 4.78 is 5.49. The lowest BCUT2D eigenvalue weighted by atomic mass is 9.86. The van der Waals surface area contributed by atoms with Crippen molar-refractivity contribution >= 4 is 5.91 Å². The van der Waals surface area contributed by atoms with E-state index in [0.717, 1.165) is 26.0 Å². The molecule has 0 atom stereocenters. The third-order valence-electron chi connectivity index (χ3n) is 3.17. The molecule has 1 saturated carbocycles. The molecule has 0 bridgehead atoms. The quantitative estimate of drug-likeness (QED) is 0.710. The van der Waals surface area contributed by atoms with E-state index in [1.54, 1.807) is 7.05 Å². The Hall–Kier alpha value is -0.610. The van der Waals surface area contributed by atoms with Crippen molar-refractivity contribution in [3.05, 3.63) is 0 Å². The summed E-state index contributed by atoms with van der Waals surface area (Å²) in [5.74, 6) is 0.0840. The van der Waals surface area contributed by atoms with E-state index in [0.29, 0.717) is 12.1 Å². The molecule has 94 valence electrons. The van der Waals surface area contributed by atoms with Gasteiger partial charge in [0.05, 0.1) is 11.5 Å². The molecule has 0 heterocycles. The standard InChI is InChI=1S/C12H24N2O2/c1-5-16-10-6-9(7-10)14-8-12(2,3)11(15)13-4/h9-10,14H,5-8H2,1-4H3,(H,13,15). The van der Waals surface area contributed by atoms with Crippen molar-refractivity contribution in [2.45, 2.75) is 45.8 Å². The van der Waals surface area contributed by atoms with E-state index < -0.39 is 0 Å². The minimum Gasteiger partial charge on any atom is -0.378 e. The van der Waals surface area contributed by atoms with Crippen LogP contribution in [0.25, 0.3) is 0 Å². The molecule has 0 radical (unpaired) electrons. The van der Waals surface area contributed by atoms with Gasteiger partial charge in [0, 0.05) is 26.2 Å². The molecular formula is C12H24N2O2. The molecule has 0 aromatic rings. The summed E-state index contributed by atoms with van der Waals surface area (Å²) in [6.45, 7) is 7.45. The summed E-state index contributed by atoms with van der Waals surface area (Å²) in [4.78, 5) is 11.5. The molecule has 1 fully saturated rings. The van der Waals surface area contributed by atoms with Crippen LogP contribution >= 0.6 is 0 Å². The molecular weight excluding hydrogens is 204 g/mol. The van der Waals surface area contributed by atoms with E-state index in [4.69, 9.17) is 4.74 Å². The minimum atomic E-state index is -0.342. The van der Waals surface area contributed by atoms with Gasteiger partial charge in [0.15, 0.2) is 0 Å². The molecule has 4 nitrogen and oxygen atoms in total. The lowest BCUT2D eigenvalue weighted by molar-refractivity contribution is -0.128. The maximum Gasteiger partial charge on any atom is 0.226 e. The summed E-state index contributed by atoms with van der Waals surface area (Å²) in [6.07, 6.45) is 2.56. The Bertz CT molecular complexity index is 235. The van der Waals surface area contributed by atoms with Gasteiger partial charge >= 0.3 is 0 Å². The maximum absolute atomic E-state index is 11.5. The SMILES string of the molecule is CCOC1CC(NCC(C)(C)C(=O)NC)C1. The first-order chi connectivity index (χ1) is 7.49. The van der Waals surface area contributed by atoms with E-state index in [-0.39, 0.29) is 11.3 Å². The second-order valence-electron chi connectivity index (χ2n) is 5.09. The van der Waals surface area contributed by atoms with E-state index >= 15 is 0 Å². The van der Waals surface area contributed by atoms with Crippen LogP contribution in [0.15, 0.2) is 0 Å². The Kier molecular flexibility index (Phi) is 4.74. The molecule has 2 N–H and O–H groups in total. The zero-order chi connectivity index (χ0) is 12.2. The van der Waals surface area contributed by atoms with Crippen molar-refractivity contribution in [2.24, 2.45) is 5.41 Å². The molecule has 0 aliphatic heterocycles. The summed E-state index contributed by atoms with van der Waals surface area (Å²) >= 11 is 0. The highest BCUT2D eigenvalue weighted by Crippen LogP contribution is 2.24. The van der Waals surface area contributed by atoms with Gasteiger partial charge in [-0.1, -0.05) is 0 Å². The molecule has 0 unspecified atom stereocenters. The van der Waals surface area contributed by atoms with Gasteiger partial charge in [0.25, 0.3) is 0 Å². The van der Waals surface area contributed by atoms with Gasteiger partial charge in [-0.05, 0) is 33.6 Å². The lowest BCUT2D eigenvalue weighted by Crippen LogP contribution is -2.50. The second kappa shape index (κ2) is 5.64. The molecule has 1 aliphatic rings. The summed E-state index contributed by atoms with van der Waals surface area (Å²) in [5.41, 5.74) is -0.342. The number of hydrogen-bond acceptors (Lipinski definition) is 3. The van der Waals surface area contributed by atoms with Crippen molar-refractivity contribution in [1.82, 2.24) is 10.6 Å². The highest BCUT2D eigenvalue weighted by molar-refractivity contribution is 5.81. The van der Waals surface area contributed by atoms with E-state index in [2.05, 4.69) is 10.6 Å². The Morgan fingerprint density at radius 2 is 2.06 bits per heavy atom. The maximum atomic E-state index is 11.5. The molecule has 1 amide bonds. The number of hydrogen-bond donors (Lipinski definition) is 2. The van der Waals surface area contributed by atoms with E-state index in [1.807, 2.05) is 20.8 Å². The van der Waals surface area contributed by atoms with Crippen molar-refractivity contribution in [3.8, 4) is 0 Å². The first-order valence-corrected chi connectivity index (χ1v) is 6.06. The normalized spacial score (nSPS) is 25.0. The Balaban J connectivity index is 2.19. The van der Waals surface area contributed by atoms with Gasteiger partial charge in [0.1, 0.15) is 0 Å². The number of carbonyl (C=O) groups is 1. The van der Waals surface area contributed by atoms with Crippen molar-refractivity contribution in [2.75, 3.05) is 20.2 Å². The van der Waals surface area contributed by atoms with Crippen LogP contribution in [0.2, 0.25) is 0 Å². The van der Waals surface area contributed by atoms with Crippen LogP contribution < -0.4 is 10.6 Å². The zero-order valence-corrected chi connectivity index (χ0v) is 10.8. The van der Waals surface area contributed by atoms with Crippen LogP contribution in [-0.2, 0) is 9.53 Å². The Morgan fingerprint density at radius 3 is 2.56 bits per heavy atom. The molecule has 0 spiro atoms. The van der Waals surface area contributed by atoms with Gasteiger partial charge in [-0.15, -0.1) is 0 Å². The average molecular weight is 228 g/mol. The summed E-state index contributed by atoms with van der Waals surface area (Å²) in [6, 6.07) is 0.514. The van der Waals surface area contributed by atoms with Gasteiger partial charge < -0.3 is 15.4 Å². The van der Waals surface area contributed by atoms with Crippen molar-refractivity contribution < 1.29 is 9.53 Å². The van der Waals surface area contributed by atoms with Crippen molar-refractivity contribution in [3.63, 3.8) is 0 Å². The molecule has 1 aliphatic carbocycles. The number of amides is 1. The second-order valence-corrected chi connectivity index (χ2v) is 5.09. The molecule has 1 rings (SSSR count). The molecule has 0 aromatic heterocycles. The minimum absolute atomic E-state index is 0.0840. The topological polar surface area (TPSA) is 50.4 Å². The highest BCUT2D eigenvalue weighted by Gasteiger charge is 2.32. The highest BCUT2D eigenvalue weighted by atomic mass is 16.5. The predicted octanol–water partition coefficient (Wildman–Crippen LogP) is 0.916. The summed E-state index contributed by atoms with van der Waals surface area (Å²) in [5, 5.41) is 6.11. The average Bonchev–Trinajstić information content (AvgIpc) is 2.19. The van der Waals surface area contributed by atoms with Crippen LogP contribution in [0.4, 0.5) is 0 Å². The van der Waals surface area contributed by atoms with Gasteiger partial charge in [-0.3, -0.25) is 4.79 Å².